The third-order valence-electron chi connectivity index (χ3n) is 2.39. The Labute approximate surface area is 119 Å². The van der Waals surface area contributed by atoms with E-state index in [4.69, 9.17) is 9.15 Å². The lowest BCUT2D eigenvalue weighted by Gasteiger charge is -2.08. The van der Waals surface area contributed by atoms with Crippen molar-refractivity contribution in [1.29, 1.82) is 0 Å². The Morgan fingerprint density at radius 3 is 2.56 bits per heavy atom. The molecule has 1 aromatic carbocycles. The summed E-state index contributed by atoms with van der Waals surface area (Å²) in [7, 11) is 1.60. The lowest BCUT2D eigenvalue weighted by molar-refractivity contribution is 0.411. The third kappa shape index (κ3) is 1.83. The van der Waals surface area contributed by atoms with Crippen molar-refractivity contribution in [1.82, 2.24) is 0 Å². The number of benzene rings is 1. The summed E-state index contributed by atoms with van der Waals surface area (Å²) in [6.07, 6.45) is 0. The second-order valence-corrected chi connectivity index (χ2v) is 5.44. The molecule has 16 heavy (non-hydrogen) atoms. The van der Waals surface area contributed by atoms with Gasteiger partial charge >= 0.3 is 5.63 Å². The minimum atomic E-state index is -0.295. The van der Waals surface area contributed by atoms with Crippen LogP contribution in [0.4, 0.5) is 0 Å². The monoisotopic (exact) mass is 442 g/mol. The van der Waals surface area contributed by atoms with Crippen LogP contribution in [0.2, 0.25) is 0 Å². The zero-order valence-corrected chi connectivity index (χ0v) is 13.0. The molecule has 0 atom stereocenters. The maximum atomic E-state index is 11.6. The molecule has 0 unspecified atom stereocenters. The van der Waals surface area contributed by atoms with Gasteiger partial charge in [0.25, 0.3) is 0 Å². The Morgan fingerprint density at radius 2 is 1.94 bits per heavy atom. The fourth-order valence-corrected chi connectivity index (χ4v) is 2.70. The van der Waals surface area contributed by atoms with Crippen molar-refractivity contribution in [3.8, 4) is 5.75 Å². The highest BCUT2D eigenvalue weighted by Gasteiger charge is 2.13. The SMILES string of the molecule is COc1ccc2c(C)c(I)c(=O)oc2c1I. The van der Waals surface area contributed by atoms with E-state index in [0.29, 0.717) is 9.15 Å². The zero-order chi connectivity index (χ0) is 11.9. The van der Waals surface area contributed by atoms with E-state index in [9.17, 15) is 4.79 Å². The van der Waals surface area contributed by atoms with Crippen molar-refractivity contribution >= 4 is 56.2 Å². The van der Waals surface area contributed by atoms with E-state index in [0.717, 1.165) is 20.3 Å². The number of hydrogen-bond donors (Lipinski definition) is 0. The van der Waals surface area contributed by atoms with Crippen LogP contribution in [-0.2, 0) is 0 Å². The van der Waals surface area contributed by atoms with Crippen molar-refractivity contribution in [2.75, 3.05) is 7.11 Å². The predicted octanol–water partition coefficient (Wildman–Crippen LogP) is 3.32. The average Bonchev–Trinajstić information content (AvgIpc) is 2.28. The summed E-state index contributed by atoms with van der Waals surface area (Å²) < 4.78 is 11.9. The third-order valence-corrected chi connectivity index (χ3v) is 4.66. The van der Waals surface area contributed by atoms with Crippen LogP contribution in [0.3, 0.4) is 0 Å². The van der Waals surface area contributed by atoms with Crippen LogP contribution in [0.15, 0.2) is 21.3 Å². The Balaban J connectivity index is 2.96. The summed E-state index contributed by atoms with van der Waals surface area (Å²) in [6, 6.07) is 3.80. The molecule has 5 heteroatoms. The van der Waals surface area contributed by atoms with Crippen molar-refractivity contribution in [3.05, 3.63) is 35.3 Å². The second-order valence-electron chi connectivity index (χ2n) is 3.29. The van der Waals surface area contributed by atoms with Gasteiger partial charge in [-0.1, -0.05) is 0 Å². The summed E-state index contributed by atoms with van der Waals surface area (Å²) in [5, 5.41) is 0.953. The molecule has 0 spiro atoms. The molecule has 0 fully saturated rings. The highest BCUT2D eigenvalue weighted by Crippen LogP contribution is 2.31. The van der Waals surface area contributed by atoms with Gasteiger partial charge in [-0.15, -0.1) is 0 Å². The number of fused-ring (bicyclic) bond motifs is 1. The van der Waals surface area contributed by atoms with E-state index in [1.807, 2.05) is 41.6 Å². The number of ether oxygens (including phenoxy) is 1. The van der Waals surface area contributed by atoms with E-state index in [2.05, 4.69) is 22.6 Å². The molecule has 0 saturated heterocycles. The van der Waals surface area contributed by atoms with Crippen LogP contribution in [0.25, 0.3) is 11.0 Å². The van der Waals surface area contributed by atoms with Gasteiger partial charge in [-0.05, 0) is 69.8 Å². The number of hydrogen-bond acceptors (Lipinski definition) is 3. The Morgan fingerprint density at radius 1 is 1.25 bits per heavy atom. The van der Waals surface area contributed by atoms with Crippen molar-refractivity contribution in [2.24, 2.45) is 0 Å². The molecule has 0 saturated carbocycles. The first-order valence-corrected chi connectivity index (χ1v) is 6.67. The summed E-state index contributed by atoms with van der Waals surface area (Å²) in [5.74, 6) is 0.719. The Kier molecular flexibility index (Phi) is 3.43. The van der Waals surface area contributed by atoms with Crippen LogP contribution in [-0.4, -0.2) is 7.11 Å². The lowest BCUT2D eigenvalue weighted by atomic mass is 10.1. The summed E-state index contributed by atoms with van der Waals surface area (Å²) in [6.45, 7) is 1.92. The Hall–Kier alpha value is -0.310. The van der Waals surface area contributed by atoms with Crippen LogP contribution in [0.5, 0.6) is 5.75 Å². The molecule has 0 bridgehead atoms. The largest absolute Gasteiger partial charge is 0.496 e. The van der Waals surface area contributed by atoms with Gasteiger partial charge in [0.15, 0.2) is 5.58 Å². The van der Waals surface area contributed by atoms with Gasteiger partial charge in [0.05, 0.1) is 10.7 Å². The molecule has 0 N–H and O–H groups in total. The van der Waals surface area contributed by atoms with Crippen molar-refractivity contribution in [2.45, 2.75) is 6.92 Å². The highest BCUT2D eigenvalue weighted by molar-refractivity contribution is 14.1. The van der Waals surface area contributed by atoms with Gasteiger partial charge in [-0.25, -0.2) is 4.79 Å². The van der Waals surface area contributed by atoms with E-state index >= 15 is 0 Å². The van der Waals surface area contributed by atoms with Gasteiger partial charge < -0.3 is 9.15 Å². The molecule has 0 amide bonds. The molecule has 0 aliphatic heterocycles. The van der Waals surface area contributed by atoms with Crippen molar-refractivity contribution in [3.63, 3.8) is 0 Å². The lowest BCUT2D eigenvalue weighted by Crippen LogP contribution is -2.06. The van der Waals surface area contributed by atoms with E-state index in [-0.39, 0.29) is 5.63 Å². The summed E-state index contributed by atoms with van der Waals surface area (Å²) in [4.78, 5) is 11.6. The summed E-state index contributed by atoms with van der Waals surface area (Å²) >= 11 is 4.13. The average molecular weight is 442 g/mol. The molecular formula is C11H8I2O3. The molecule has 0 radical (unpaired) electrons. The highest BCUT2D eigenvalue weighted by atomic mass is 127. The minimum Gasteiger partial charge on any atom is -0.496 e. The first-order valence-electron chi connectivity index (χ1n) is 4.51. The molecule has 1 heterocycles. The fourth-order valence-electron chi connectivity index (χ4n) is 1.50. The molecular weight excluding hydrogens is 434 g/mol. The number of rotatable bonds is 1. The fraction of sp³-hybridized carbons (Fsp3) is 0.182. The van der Waals surface area contributed by atoms with Crippen molar-refractivity contribution < 1.29 is 9.15 Å². The van der Waals surface area contributed by atoms with Gasteiger partial charge in [0.1, 0.15) is 9.32 Å². The van der Waals surface area contributed by atoms with Crippen LogP contribution in [0.1, 0.15) is 5.56 Å². The predicted molar refractivity (Wildman–Crippen MR) is 79.2 cm³/mol. The first kappa shape index (κ1) is 12.2. The number of methoxy groups -OCH3 is 1. The topological polar surface area (TPSA) is 39.4 Å². The first-order chi connectivity index (χ1) is 7.56. The van der Waals surface area contributed by atoms with Gasteiger partial charge in [0, 0.05) is 5.39 Å². The van der Waals surface area contributed by atoms with Gasteiger partial charge in [0.2, 0.25) is 0 Å². The van der Waals surface area contributed by atoms with E-state index < -0.39 is 0 Å². The minimum absolute atomic E-state index is 0.295. The van der Waals surface area contributed by atoms with Gasteiger partial charge in [-0.3, -0.25) is 0 Å². The normalized spacial score (nSPS) is 10.8. The zero-order valence-electron chi connectivity index (χ0n) is 8.64. The van der Waals surface area contributed by atoms with Crippen LogP contribution < -0.4 is 10.4 Å². The number of halogens is 2. The maximum absolute atomic E-state index is 11.6. The molecule has 2 rings (SSSR count). The van der Waals surface area contributed by atoms with E-state index in [1.54, 1.807) is 7.11 Å². The van der Waals surface area contributed by atoms with E-state index in [1.165, 1.54) is 0 Å². The molecule has 0 aliphatic rings. The van der Waals surface area contributed by atoms with Gasteiger partial charge in [-0.2, -0.15) is 0 Å². The smallest absolute Gasteiger partial charge is 0.350 e. The quantitative estimate of drug-likeness (QED) is 0.503. The molecule has 84 valence electrons. The molecule has 3 nitrogen and oxygen atoms in total. The number of aryl methyl sites for hydroxylation is 1. The van der Waals surface area contributed by atoms with Crippen LogP contribution >= 0.6 is 45.2 Å². The summed E-state index contributed by atoms with van der Waals surface area (Å²) in [5.41, 5.74) is 1.26. The Bertz CT molecular complexity index is 617. The maximum Gasteiger partial charge on any atom is 0.350 e. The second kappa shape index (κ2) is 4.52. The molecule has 1 aromatic heterocycles. The molecule has 2 aromatic rings. The standard InChI is InChI=1S/C11H8I2O3/c1-5-6-3-4-7(15-2)9(13)10(6)16-11(14)8(5)12/h3-4H,1-2H3. The van der Waals surface area contributed by atoms with Crippen LogP contribution in [0, 0.1) is 14.1 Å². The molecule has 0 aliphatic carbocycles.